The average Bonchev–Trinajstić information content (AvgIpc) is 3.33. The van der Waals surface area contributed by atoms with Gasteiger partial charge in [0, 0.05) is 25.0 Å². The lowest BCUT2D eigenvalue weighted by Gasteiger charge is -2.31. The van der Waals surface area contributed by atoms with Crippen molar-refractivity contribution in [3.63, 3.8) is 0 Å². The van der Waals surface area contributed by atoms with Crippen LogP contribution in [0.3, 0.4) is 0 Å². The largest absolute Gasteiger partial charge is 0.481 e. The highest BCUT2D eigenvalue weighted by Crippen LogP contribution is 2.48. The Morgan fingerprint density at radius 2 is 1.92 bits per heavy atom. The predicted molar refractivity (Wildman–Crippen MR) is 92.2 cm³/mol. The number of aliphatic carboxylic acids is 1. The van der Waals surface area contributed by atoms with E-state index in [-0.39, 0.29) is 17.4 Å². The van der Waals surface area contributed by atoms with Gasteiger partial charge in [-0.05, 0) is 50.7 Å². The van der Waals surface area contributed by atoms with Gasteiger partial charge in [-0.15, -0.1) is 0 Å². The van der Waals surface area contributed by atoms with Gasteiger partial charge in [-0.1, -0.05) is 23.8 Å². The van der Waals surface area contributed by atoms with Gasteiger partial charge in [0.25, 0.3) is 0 Å². The Balaban J connectivity index is 1.56. The Hall–Kier alpha value is -2.04. The number of benzene rings is 1. The molecular formula is C19H26N2O3. The first kappa shape index (κ1) is 16.8. The van der Waals surface area contributed by atoms with E-state index in [1.54, 1.807) is 4.90 Å². The zero-order valence-corrected chi connectivity index (χ0v) is 14.5. The van der Waals surface area contributed by atoms with Crippen molar-refractivity contribution in [2.24, 2.45) is 5.92 Å². The molecule has 1 saturated heterocycles. The predicted octanol–water partition coefficient (Wildman–Crippen LogP) is 2.84. The third-order valence-corrected chi connectivity index (χ3v) is 5.52. The van der Waals surface area contributed by atoms with Gasteiger partial charge in [0.05, 0.1) is 5.92 Å². The summed E-state index contributed by atoms with van der Waals surface area (Å²) < 4.78 is 0. The lowest BCUT2D eigenvalue weighted by atomic mass is 9.91. The first-order valence-corrected chi connectivity index (χ1v) is 8.75. The standard InChI is InChI=1S/C19H26N2O3/c1-13-3-4-16(14(2)11-13)19(7-8-19)12-20-18(24)21-9-5-15(6-10-21)17(22)23/h3-4,11,15H,5-10,12H2,1-2H3,(H,20,24)(H,22,23). The van der Waals surface area contributed by atoms with Gasteiger partial charge in [-0.2, -0.15) is 0 Å². The molecule has 5 nitrogen and oxygen atoms in total. The molecule has 2 N–H and O–H groups in total. The van der Waals surface area contributed by atoms with Crippen LogP contribution >= 0.6 is 0 Å². The van der Waals surface area contributed by atoms with Crippen LogP contribution in [-0.2, 0) is 10.2 Å². The number of hydrogen-bond acceptors (Lipinski definition) is 2. The van der Waals surface area contributed by atoms with Crippen LogP contribution in [0.25, 0.3) is 0 Å². The lowest BCUT2D eigenvalue weighted by molar-refractivity contribution is -0.143. The Morgan fingerprint density at radius 1 is 1.25 bits per heavy atom. The monoisotopic (exact) mass is 330 g/mol. The number of amides is 2. The summed E-state index contributed by atoms with van der Waals surface area (Å²) in [5.74, 6) is -1.05. The van der Waals surface area contributed by atoms with Crippen LogP contribution in [-0.4, -0.2) is 41.6 Å². The summed E-state index contributed by atoms with van der Waals surface area (Å²) in [6, 6.07) is 6.48. The molecule has 0 atom stereocenters. The van der Waals surface area contributed by atoms with E-state index >= 15 is 0 Å². The quantitative estimate of drug-likeness (QED) is 0.892. The molecule has 0 bridgehead atoms. The fourth-order valence-corrected chi connectivity index (χ4v) is 3.79. The van der Waals surface area contributed by atoms with Crippen molar-refractivity contribution in [3.8, 4) is 0 Å². The Labute approximate surface area is 143 Å². The average molecular weight is 330 g/mol. The second-order valence-corrected chi connectivity index (χ2v) is 7.36. The minimum atomic E-state index is -0.748. The van der Waals surface area contributed by atoms with E-state index in [9.17, 15) is 9.59 Å². The maximum Gasteiger partial charge on any atom is 0.317 e. The SMILES string of the molecule is Cc1ccc(C2(CNC(=O)N3CCC(C(=O)O)CC3)CC2)c(C)c1. The normalized spacial score (nSPS) is 19.8. The maximum atomic E-state index is 12.4. The molecule has 24 heavy (non-hydrogen) atoms. The summed E-state index contributed by atoms with van der Waals surface area (Å²) in [6.07, 6.45) is 3.31. The van der Waals surface area contributed by atoms with E-state index in [1.807, 2.05) is 0 Å². The molecule has 5 heteroatoms. The highest BCUT2D eigenvalue weighted by molar-refractivity contribution is 5.75. The number of likely N-dealkylation sites (tertiary alicyclic amines) is 1. The van der Waals surface area contributed by atoms with Crippen LogP contribution in [0.5, 0.6) is 0 Å². The summed E-state index contributed by atoms with van der Waals surface area (Å²) in [5, 5.41) is 12.1. The lowest BCUT2D eigenvalue weighted by Crippen LogP contribution is -2.47. The van der Waals surface area contributed by atoms with E-state index < -0.39 is 5.97 Å². The van der Waals surface area contributed by atoms with E-state index in [1.165, 1.54) is 16.7 Å². The number of rotatable bonds is 4. The fourth-order valence-electron chi connectivity index (χ4n) is 3.79. The number of nitrogens with one attached hydrogen (secondary N) is 1. The Kier molecular flexibility index (Phi) is 4.52. The molecule has 2 aliphatic rings. The molecule has 0 aromatic heterocycles. The number of carboxylic acid groups (broad SMARTS) is 1. The maximum absolute atomic E-state index is 12.4. The molecular weight excluding hydrogens is 304 g/mol. The zero-order chi connectivity index (χ0) is 17.3. The number of urea groups is 1. The first-order valence-electron chi connectivity index (χ1n) is 8.75. The van der Waals surface area contributed by atoms with Crippen molar-refractivity contribution in [3.05, 3.63) is 34.9 Å². The second-order valence-electron chi connectivity index (χ2n) is 7.36. The zero-order valence-electron chi connectivity index (χ0n) is 14.5. The smallest absolute Gasteiger partial charge is 0.317 e. The van der Waals surface area contributed by atoms with Crippen LogP contribution < -0.4 is 5.32 Å². The molecule has 3 rings (SSSR count). The van der Waals surface area contributed by atoms with Crippen LogP contribution in [0, 0.1) is 19.8 Å². The topological polar surface area (TPSA) is 69.6 Å². The Morgan fingerprint density at radius 3 is 2.46 bits per heavy atom. The van der Waals surface area contributed by atoms with Gasteiger partial charge in [-0.3, -0.25) is 4.79 Å². The number of aryl methyl sites for hydroxylation is 2. The molecule has 1 aromatic rings. The van der Waals surface area contributed by atoms with Crippen molar-refractivity contribution in [1.29, 1.82) is 0 Å². The van der Waals surface area contributed by atoms with Crippen LogP contribution in [0.4, 0.5) is 4.79 Å². The number of carboxylic acids is 1. The van der Waals surface area contributed by atoms with Gasteiger partial charge < -0.3 is 15.3 Å². The summed E-state index contributed by atoms with van der Waals surface area (Å²) in [5.41, 5.74) is 3.99. The number of nitrogens with zero attached hydrogens (tertiary/aromatic N) is 1. The number of hydrogen-bond donors (Lipinski definition) is 2. The minimum Gasteiger partial charge on any atom is -0.481 e. The van der Waals surface area contributed by atoms with Crippen LogP contribution in [0.15, 0.2) is 18.2 Å². The van der Waals surface area contributed by atoms with E-state index in [4.69, 9.17) is 5.11 Å². The third kappa shape index (κ3) is 3.40. The summed E-state index contributed by atoms with van der Waals surface area (Å²) in [7, 11) is 0. The molecule has 1 aromatic carbocycles. The molecule has 1 aliphatic carbocycles. The molecule has 0 unspecified atom stereocenters. The number of carbonyl (C=O) groups is 2. The van der Waals surface area contributed by atoms with Gasteiger partial charge in [0.15, 0.2) is 0 Å². The molecule has 130 valence electrons. The van der Waals surface area contributed by atoms with Gasteiger partial charge in [-0.25, -0.2) is 4.79 Å². The summed E-state index contributed by atoms with van der Waals surface area (Å²) in [6.45, 7) is 5.95. The molecule has 2 amide bonds. The number of carbonyl (C=O) groups excluding carboxylic acids is 1. The molecule has 2 fully saturated rings. The van der Waals surface area contributed by atoms with Crippen molar-refractivity contribution in [2.75, 3.05) is 19.6 Å². The summed E-state index contributed by atoms with van der Waals surface area (Å²) in [4.78, 5) is 25.1. The first-order chi connectivity index (χ1) is 11.4. The summed E-state index contributed by atoms with van der Waals surface area (Å²) >= 11 is 0. The van der Waals surface area contributed by atoms with E-state index in [0.29, 0.717) is 32.5 Å². The van der Waals surface area contributed by atoms with Gasteiger partial charge in [0.1, 0.15) is 0 Å². The highest BCUT2D eigenvalue weighted by atomic mass is 16.4. The molecule has 0 spiro atoms. The van der Waals surface area contributed by atoms with Crippen molar-refractivity contribution in [1.82, 2.24) is 10.2 Å². The molecule has 1 aliphatic heterocycles. The second kappa shape index (κ2) is 6.46. The minimum absolute atomic E-state index is 0.0603. The molecule has 1 heterocycles. The fraction of sp³-hybridized carbons (Fsp3) is 0.579. The van der Waals surface area contributed by atoms with Gasteiger partial charge in [0.2, 0.25) is 0 Å². The van der Waals surface area contributed by atoms with Crippen molar-refractivity contribution >= 4 is 12.0 Å². The number of piperidine rings is 1. The van der Waals surface area contributed by atoms with Gasteiger partial charge >= 0.3 is 12.0 Å². The molecule has 0 radical (unpaired) electrons. The Bertz CT molecular complexity index is 644. The van der Waals surface area contributed by atoms with E-state index in [0.717, 1.165) is 12.8 Å². The van der Waals surface area contributed by atoms with Crippen molar-refractivity contribution < 1.29 is 14.7 Å². The van der Waals surface area contributed by atoms with Crippen LogP contribution in [0.2, 0.25) is 0 Å². The van der Waals surface area contributed by atoms with Crippen LogP contribution in [0.1, 0.15) is 42.4 Å². The molecule has 1 saturated carbocycles. The third-order valence-electron chi connectivity index (χ3n) is 5.52. The highest BCUT2D eigenvalue weighted by Gasteiger charge is 2.45. The van der Waals surface area contributed by atoms with Crippen molar-refractivity contribution in [2.45, 2.75) is 44.9 Å². The van der Waals surface area contributed by atoms with E-state index in [2.05, 4.69) is 37.4 Å².